The molecule has 4 N–H and O–H groups in total. The Hall–Kier alpha value is -3.56. The SMILES string of the molecule is Cl.Cn1nnc(-c2ccc3c(c2)[nH]c2nc(Cc4ccccc4)nc(NC4CCC(N)CC4)c23)n1. The number of nitrogens with one attached hydrogen (secondary N) is 2. The van der Waals surface area contributed by atoms with Gasteiger partial charge >= 0.3 is 0 Å². The minimum atomic E-state index is 0. The van der Waals surface area contributed by atoms with Crippen LogP contribution in [0.15, 0.2) is 48.5 Å². The highest BCUT2D eigenvalue weighted by Crippen LogP contribution is 2.33. The molecule has 1 aliphatic carbocycles. The Morgan fingerprint density at radius 3 is 2.60 bits per heavy atom. The number of fused-ring (bicyclic) bond motifs is 3. The topological polar surface area (TPSA) is 123 Å². The van der Waals surface area contributed by atoms with E-state index in [4.69, 9.17) is 15.7 Å². The van der Waals surface area contributed by atoms with Gasteiger partial charge in [-0.05, 0) is 42.5 Å². The number of anilines is 1. The van der Waals surface area contributed by atoms with Crippen LogP contribution >= 0.6 is 12.4 Å². The fourth-order valence-electron chi connectivity index (χ4n) is 4.80. The maximum Gasteiger partial charge on any atom is 0.204 e. The van der Waals surface area contributed by atoms with E-state index in [0.29, 0.717) is 24.3 Å². The largest absolute Gasteiger partial charge is 0.367 e. The van der Waals surface area contributed by atoms with Gasteiger partial charge in [0.15, 0.2) is 0 Å². The molecule has 3 aromatic heterocycles. The number of hydrogen-bond donors (Lipinski definition) is 3. The third-order valence-corrected chi connectivity index (χ3v) is 6.58. The molecule has 3 heterocycles. The van der Waals surface area contributed by atoms with Gasteiger partial charge in [-0.15, -0.1) is 22.6 Å². The van der Waals surface area contributed by atoms with Gasteiger partial charge in [-0.2, -0.15) is 4.80 Å². The second-order valence-electron chi connectivity index (χ2n) is 9.12. The highest BCUT2D eigenvalue weighted by Gasteiger charge is 2.22. The molecular weight excluding hydrogens is 462 g/mol. The van der Waals surface area contributed by atoms with Gasteiger partial charge in [0.1, 0.15) is 17.3 Å². The summed E-state index contributed by atoms with van der Waals surface area (Å²) < 4.78 is 0. The molecule has 0 aliphatic heterocycles. The number of halogens is 1. The van der Waals surface area contributed by atoms with Crippen LogP contribution in [0.5, 0.6) is 0 Å². The first-order valence-electron chi connectivity index (χ1n) is 11.7. The van der Waals surface area contributed by atoms with Crippen LogP contribution < -0.4 is 11.1 Å². The number of aryl methyl sites for hydroxylation is 1. The maximum atomic E-state index is 6.14. The molecule has 0 radical (unpaired) electrons. The molecule has 6 rings (SSSR count). The summed E-state index contributed by atoms with van der Waals surface area (Å²) >= 11 is 0. The van der Waals surface area contributed by atoms with E-state index in [1.54, 1.807) is 7.05 Å². The van der Waals surface area contributed by atoms with Crippen LogP contribution in [0, 0.1) is 0 Å². The minimum absolute atomic E-state index is 0. The van der Waals surface area contributed by atoms with Crippen molar-refractivity contribution in [1.82, 2.24) is 35.2 Å². The van der Waals surface area contributed by atoms with Crippen LogP contribution in [0.25, 0.3) is 33.3 Å². The fourth-order valence-corrected chi connectivity index (χ4v) is 4.80. The summed E-state index contributed by atoms with van der Waals surface area (Å²) in [6.07, 6.45) is 4.83. The predicted molar refractivity (Wildman–Crippen MR) is 140 cm³/mol. The lowest BCUT2D eigenvalue weighted by Crippen LogP contribution is -2.33. The number of tetrazole rings is 1. The van der Waals surface area contributed by atoms with E-state index in [0.717, 1.165) is 64.8 Å². The normalized spacial score (nSPS) is 18.0. The van der Waals surface area contributed by atoms with Gasteiger partial charge in [-0.1, -0.05) is 42.5 Å². The fraction of sp³-hybridized carbons (Fsp3) is 0.320. The highest BCUT2D eigenvalue weighted by atomic mass is 35.5. The molecule has 9 nitrogen and oxygen atoms in total. The molecule has 180 valence electrons. The zero-order valence-corrected chi connectivity index (χ0v) is 20.3. The molecule has 1 fully saturated rings. The molecule has 2 aromatic carbocycles. The van der Waals surface area contributed by atoms with Crippen molar-refractivity contribution >= 4 is 40.2 Å². The quantitative estimate of drug-likeness (QED) is 0.341. The van der Waals surface area contributed by atoms with Crippen LogP contribution in [0.4, 0.5) is 5.82 Å². The molecule has 0 amide bonds. The first-order chi connectivity index (χ1) is 16.6. The third kappa shape index (κ3) is 4.69. The molecule has 0 atom stereocenters. The van der Waals surface area contributed by atoms with Gasteiger partial charge in [0.05, 0.1) is 12.4 Å². The van der Waals surface area contributed by atoms with Gasteiger partial charge in [0.2, 0.25) is 5.82 Å². The van der Waals surface area contributed by atoms with Gasteiger partial charge in [-0.25, -0.2) is 9.97 Å². The molecule has 0 bridgehead atoms. The molecule has 0 unspecified atom stereocenters. The molecular formula is C25H28ClN9. The third-order valence-electron chi connectivity index (χ3n) is 6.58. The lowest BCUT2D eigenvalue weighted by molar-refractivity contribution is 0.410. The van der Waals surface area contributed by atoms with E-state index in [9.17, 15) is 0 Å². The van der Waals surface area contributed by atoms with E-state index >= 15 is 0 Å². The smallest absolute Gasteiger partial charge is 0.204 e. The minimum Gasteiger partial charge on any atom is -0.367 e. The number of nitrogens with zero attached hydrogens (tertiary/aromatic N) is 6. The zero-order valence-electron chi connectivity index (χ0n) is 19.5. The van der Waals surface area contributed by atoms with E-state index < -0.39 is 0 Å². The number of aromatic nitrogens is 7. The summed E-state index contributed by atoms with van der Waals surface area (Å²) in [5, 5.41) is 18.3. The summed E-state index contributed by atoms with van der Waals surface area (Å²) in [6, 6.07) is 17.1. The van der Waals surface area contributed by atoms with E-state index in [2.05, 4.69) is 43.9 Å². The van der Waals surface area contributed by atoms with Crippen molar-refractivity contribution in [3.8, 4) is 11.4 Å². The Morgan fingerprint density at radius 2 is 1.86 bits per heavy atom. The highest BCUT2D eigenvalue weighted by molar-refractivity contribution is 6.11. The molecule has 1 saturated carbocycles. The van der Waals surface area contributed by atoms with Crippen LogP contribution in [0.3, 0.4) is 0 Å². The van der Waals surface area contributed by atoms with Crippen LogP contribution in [-0.2, 0) is 13.5 Å². The van der Waals surface area contributed by atoms with E-state index in [1.165, 1.54) is 10.4 Å². The number of nitrogens with two attached hydrogens (primary N) is 1. The number of benzene rings is 2. The summed E-state index contributed by atoms with van der Waals surface area (Å²) in [6.45, 7) is 0. The van der Waals surface area contributed by atoms with Crippen molar-refractivity contribution < 1.29 is 0 Å². The molecule has 1 aliphatic rings. The number of rotatable bonds is 5. The van der Waals surface area contributed by atoms with Crippen molar-refractivity contribution in [3.63, 3.8) is 0 Å². The second-order valence-corrected chi connectivity index (χ2v) is 9.12. The lowest BCUT2D eigenvalue weighted by Gasteiger charge is -2.27. The lowest BCUT2D eigenvalue weighted by atomic mass is 9.92. The van der Waals surface area contributed by atoms with Crippen molar-refractivity contribution in [2.75, 3.05) is 5.32 Å². The van der Waals surface area contributed by atoms with E-state index in [-0.39, 0.29) is 12.4 Å². The average molecular weight is 490 g/mol. The van der Waals surface area contributed by atoms with Gasteiger partial charge in [0.25, 0.3) is 0 Å². The first-order valence-corrected chi connectivity index (χ1v) is 11.7. The van der Waals surface area contributed by atoms with Crippen molar-refractivity contribution in [1.29, 1.82) is 0 Å². The van der Waals surface area contributed by atoms with Crippen molar-refractivity contribution in [3.05, 3.63) is 59.9 Å². The Bertz CT molecular complexity index is 1450. The monoisotopic (exact) mass is 489 g/mol. The maximum absolute atomic E-state index is 6.14. The standard InChI is InChI=1S/C25H27N9.ClH/c1-34-32-23(31-33-34)16-7-12-19-20(14-16)28-25-22(19)24(27-18-10-8-17(26)9-11-18)29-21(30-25)13-15-5-3-2-4-6-15;/h2-7,12,14,17-18H,8-11,13,26H2,1H3,(H2,27,28,29,30);1H. The molecule has 10 heteroatoms. The van der Waals surface area contributed by atoms with Crippen LogP contribution in [-0.4, -0.2) is 47.2 Å². The predicted octanol–water partition coefficient (Wildman–Crippen LogP) is 4.00. The Balaban J connectivity index is 0.00000253. The zero-order chi connectivity index (χ0) is 23.1. The van der Waals surface area contributed by atoms with Gasteiger partial charge in [0, 0.05) is 35.0 Å². The summed E-state index contributed by atoms with van der Waals surface area (Å²) in [5.41, 5.74) is 10.0. The van der Waals surface area contributed by atoms with Crippen molar-refractivity contribution in [2.24, 2.45) is 12.8 Å². The average Bonchev–Trinajstić information content (AvgIpc) is 3.44. The van der Waals surface area contributed by atoms with Crippen LogP contribution in [0.1, 0.15) is 37.1 Å². The summed E-state index contributed by atoms with van der Waals surface area (Å²) in [4.78, 5) is 14.9. The first kappa shape index (κ1) is 23.2. The second kappa shape index (κ2) is 9.59. The summed E-state index contributed by atoms with van der Waals surface area (Å²) in [5.74, 6) is 2.26. The molecule has 5 aromatic rings. The number of H-pyrrole nitrogens is 1. The van der Waals surface area contributed by atoms with E-state index in [1.807, 2.05) is 30.3 Å². The molecule has 0 spiro atoms. The Labute approximate surface area is 208 Å². The number of aromatic amines is 1. The van der Waals surface area contributed by atoms with Crippen molar-refractivity contribution in [2.45, 2.75) is 44.2 Å². The van der Waals surface area contributed by atoms with Gasteiger partial charge in [-0.3, -0.25) is 0 Å². The summed E-state index contributed by atoms with van der Waals surface area (Å²) in [7, 11) is 1.76. The number of hydrogen-bond acceptors (Lipinski definition) is 7. The Kier molecular flexibility index (Phi) is 6.36. The van der Waals surface area contributed by atoms with Gasteiger partial charge < -0.3 is 16.0 Å². The Morgan fingerprint density at radius 1 is 1.06 bits per heavy atom. The molecule has 35 heavy (non-hydrogen) atoms. The van der Waals surface area contributed by atoms with Crippen LogP contribution in [0.2, 0.25) is 0 Å². The molecule has 0 saturated heterocycles.